The van der Waals surface area contributed by atoms with Crippen molar-refractivity contribution < 1.29 is 9.53 Å². The van der Waals surface area contributed by atoms with E-state index in [0.717, 1.165) is 15.8 Å². The first-order valence-electron chi connectivity index (χ1n) is 7.40. The maximum Gasteiger partial charge on any atom is 0.260 e. The Morgan fingerprint density at radius 3 is 2.57 bits per heavy atom. The van der Waals surface area contributed by atoms with Gasteiger partial charge >= 0.3 is 0 Å². The second-order valence-corrected chi connectivity index (χ2v) is 5.97. The molecule has 0 bridgehead atoms. The van der Waals surface area contributed by atoms with Crippen molar-refractivity contribution in [1.29, 1.82) is 0 Å². The highest BCUT2D eigenvalue weighted by molar-refractivity contribution is 9.10. The summed E-state index contributed by atoms with van der Waals surface area (Å²) in [6.45, 7) is 10.3. The van der Waals surface area contributed by atoms with Crippen LogP contribution in [0, 0.1) is 0 Å². The zero-order valence-electron chi connectivity index (χ0n) is 13.3. The van der Waals surface area contributed by atoms with Gasteiger partial charge in [-0.15, -0.1) is 0 Å². The van der Waals surface area contributed by atoms with Gasteiger partial charge in [0.25, 0.3) is 5.91 Å². The summed E-state index contributed by atoms with van der Waals surface area (Å²) in [5.74, 6) is 0.754. The topological polar surface area (TPSA) is 41.6 Å². The van der Waals surface area contributed by atoms with E-state index >= 15 is 0 Å². The van der Waals surface area contributed by atoms with Gasteiger partial charge in [0.15, 0.2) is 6.61 Å². The fourth-order valence-electron chi connectivity index (χ4n) is 1.97. The molecule has 1 aromatic carbocycles. The molecular weight excluding hydrogens is 332 g/mol. The van der Waals surface area contributed by atoms with Gasteiger partial charge in [0.2, 0.25) is 0 Å². The number of rotatable bonds is 8. The first-order chi connectivity index (χ1) is 9.99. The number of carbonyl (C=O) groups excluding carboxylic acids is 1. The van der Waals surface area contributed by atoms with Crippen molar-refractivity contribution in [3.63, 3.8) is 0 Å². The Bertz CT molecular complexity index is 460. The Balaban J connectivity index is 2.75. The van der Waals surface area contributed by atoms with E-state index in [2.05, 4.69) is 35.1 Å². The van der Waals surface area contributed by atoms with Crippen LogP contribution in [-0.4, -0.2) is 36.5 Å². The van der Waals surface area contributed by atoms with Gasteiger partial charge in [-0.1, -0.05) is 26.0 Å². The lowest BCUT2D eigenvalue weighted by atomic mass is 10.2. The minimum atomic E-state index is 0.0125. The normalized spacial score (nSPS) is 10.8. The number of carbonyl (C=O) groups is 1. The molecule has 1 rings (SSSR count). The van der Waals surface area contributed by atoms with E-state index in [1.807, 2.05) is 32.0 Å². The van der Waals surface area contributed by atoms with E-state index in [1.165, 1.54) is 0 Å². The molecule has 0 saturated heterocycles. The van der Waals surface area contributed by atoms with Crippen molar-refractivity contribution in [1.82, 2.24) is 10.2 Å². The van der Waals surface area contributed by atoms with Crippen LogP contribution in [0.1, 0.15) is 33.3 Å². The van der Waals surface area contributed by atoms with Crippen molar-refractivity contribution in [2.24, 2.45) is 0 Å². The third-order valence-electron chi connectivity index (χ3n) is 3.21. The molecule has 4 nitrogen and oxygen atoms in total. The maximum atomic E-state index is 12.0. The molecule has 0 atom stereocenters. The van der Waals surface area contributed by atoms with Crippen LogP contribution < -0.4 is 10.1 Å². The first-order valence-corrected chi connectivity index (χ1v) is 8.20. The summed E-state index contributed by atoms with van der Waals surface area (Å²) in [4.78, 5) is 13.8. The van der Waals surface area contributed by atoms with Gasteiger partial charge in [-0.2, -0.15) is 0 Å². The van der Waals surface area contributed by atoms with Gasteiger partial charge in [-0.05, 0) is 35.8 Å². The maximum absolute atomic E-state index is 12.0. The molecule has 1 aromatic rings. The highest BCUT2D eigenvalue weighted by Crippen LogP contribution is 2.29. The molecule has 0 spiro atoms. The molecule has 21 heavy (non-hydrogen) atoms. The predicted octanol–water partition coefficient (Wildman–Crippen LogP) is 3.19. The minimum absolute atomic E-state index is 0.0125. The van der Waals surface area contributed by atoms with Crippen LogP contribution in [0.2, 0.25) is 0 Å². The highest BCUT2D eigenvalue weighted by atomic mass is 79.9. The number of benzene rings is 1. The molecule has 0 aliphatic rings. The Hall–Kier alpha value is -1.07. The molecule has 0 aliphatic heterocycles. The van der Waals surface area contributed by atoms with Crippen molar-refractivity contribution in [3.05, 3.63) is 28.2 Å². The molecule has 0 radical (unpaired) electrons. The Kier molecular flexibility index (Phi) is 7.75. The number of hydrogen-bond acceptors (Lipinski definition) is 3. The quantitative estimate of drug-likeness (QED) is 0.777. The second-order valence-electron chi connectivity index (χ2n) is 5.12. The molecule has 1 amide bonds. The van der Waals surface area contributed by atoms with Crippen LogP contribution in [-0.2, 0) is 11.3 Å². The summed E-state index contributed by atoms with van der Waals surface area (Å²) >= 11 is 3.50. The number of likely N-dealkylation sites (N-methyl/N-ethyl adjacent to an activating group) is 1. The molecular formula is C16H25BrN2O2. The summed E-state index contributed by atoms with van der Waals surface area (Å²) < 4.78 is 6.64. The summed E-state index contributed by atoms with van der Waals surface area (Å²) in [5.41, 5.74) is 1.05. The summed E-state index contributed by atoms with van der Waals surface area (Å²) in [5, 5.41) is 3.37. The zero-order chi connectivity index (χ0) is 15.8. The SMILES string of the molecule is CCN(CC)C(=O)COc1c(Br)cccc1CNC(C)C. The first kappa shape index (κ1) is 18.0. The molecule has 0 fully saturated rings. The van der Waals surface area contributed by atoms with Gasteiger partial charge in [-0.3, -0.25) is 4.79 Å². The van der Waals surface area contributed by atoms with E-state index in [0.29, 0.717) is 25.7 Å². The largest absolute Gasteiger partial charge is 0.482 e. The van der Waals surface area contributed by atoms with E-state index in [1.54, 1.807) is 4.90 Å². The van der Waals surface area contributed by atoms with Gasteiger partial charge in [0.05, 0.1) is 4.47 Å². The van der Waals surface area contributed by atoms with E-state index in [-0.39, 0.29) is 12.5 Å². The summed E-state index contributed by atoms with van der Waals surface area (Å²) in [6.07, 6.45) is 0. The van der Waals surface area contributed by atoms with Crippen LogP contribution in [0.25, 0.3) is 0 Å². The Morgan fingerprint density at radius 2 is 2.00 bits per heavy atom. The van der Waals surface area contributed by atoms with Gasteiger partial charge in [0.1, 0.15) is 5.75 Å². The summed E-state index contributed by atoms with van der Waals surface area (Å²) in [6, 6.07) is 6.31. The van der Waals surface area contributed by atoms with Gasteiger partial charge < -0.3 is 15.0 Å². The van der Waals surface area contributed by atoms with Crippen LogP contribution in [0.4, 0.5) is 0 Å². The number of halogens is 1. The van der Waals surface area contributed by atoms with Crippen molar-refractivity contribution >= 4 is 21.8 Å². The monoisotopic (exact) mass is 356 g/mol. The number of nitrogens with one attached hydrogen (secondary N) is 1. The number of hydrogen-bond donors (Lipinski definition) is 1. The Morgan fingerprint density at radius 1 is 1.33 bits per heavy atom. The number of nitrogens with zero attached hydrogens (tertiary/aromatic N) is 1. The lowest BCUT2D eigenvalue weighted by molar-refractivity contribution is -0.133. The molecule has 118 valence electrons. The molecule has 0 unspecified atom stereocenters. The molecule has 5 heteroatoms. The summed E-state index contributed by atoms with van der Waals surface area (Å²) in [7, 11) is 0. The van der Waals surface area contributed by atoms with E-state index < -0.39 is 0 Å². The smallest absolute Gasteiger partial charge is 0.260 e. The fraction of sp³-hybridized carbons (Fsp3) is 0.562. The van der Waals surface area contributed by atoms with Crippen molar-refractivity contribution in [2.75, 3.05) is 19.7 Å². The number of amides is 1. The number of para-hydroxylation sites is 1. The lowest BCUT2D eigenvalue weighted by Gasteiger charge is -2.20. The Labute approximate surface area is 136 Å². The molecule has 1 N–H and O–H groups in total. The minimum Gasteiger partial charge on any atom is -0.482 e. The van der Waals surface area contributed by atoms with Crippen LogP contribution in [0.5, 0.6) is 5.75 Å². The standard InChI is InChI=1S/C16H25BrN2O2/c1-5-19(6-2)15(20)11-21-16-13(10-18-12(3)4)8-7-9-14(16)17/h7-9,12,18H,5-6,10-11H2,1-4H3. The average molecular weight is 357 g/mol. The van der Waals surface area contributed by atoms with E-state index in [9.17, 15) is 4.79 Å². The average Bonchev–Trinajstić information content (AvgIpc) is 2.45. The van der Waals surface area contributed by atoms with Crippen LogP contribution >= 0.6 is 15.9 Å². The predicted molar refractivity (Wildman–Crippen MR) is 89.5 cm³/mol. The second kappa shape index (κ2) is 9.05. The zero-order valence-corrected chi connectivity index (χ0v) is 14.9. The fourth-order valence-corrected chi connectivity index (χ4v) is 2.49. The highest BCUT2D eigenvalue weighted by Gasteiger charge is 2.14. The lowest BCUT2D eigenvalue weighted by Crippen LogP contribution is -2.34. The third-order valence-corrected chi connectivity index (χ3v) is 3.83. The molecule has 0 aliphatic carbocycles. The molecule has 0 heterocycles. The van der Waals surface area contributed by atoms with Crippen LogP contribution in [0.15, 0.2) is 22.7 Å². The molecule has 0 saturated carbocycles. The molecule has 0 aromatic heterocycles. The van der Waals surface area contributed by atoms with Crippen molar-refractivity contribution in [3.8, 4) is 5.75 Å². The van der Waals surface area contributed by atoms with Crippen molar-refractivity contribution in [2.45, 2.75) is 40.3 Å². The van der Waals surface area contributed by atoms with Gasteiger partial charge in [0, 0.05) is 31.2 Å². The third kappa shape index (κ3) is 5.67. The number of ether oxygens (including phenoxy) is 1. The van der Waals surface area contributed by atoms with Crippen LogP contribution in [0.3, 0.4) is 0 Å². The van der Waals surface area contributed by atoms with E-state index in [4.69, 9.17) is 4.74 Å². The van der Waals surface area contributed by atoms with Gasteiger partial charge in [-0.25, -0.2) is 0 Å².